The van der Waals surface area contributed by atoms with Gasteiger partial charge in [0.15, 0.2) is 5.82 Å². The number of nitrogens with zero attached hydrogens (tertiary/aromatic N) is 3. The molecule has 1 aromatic heterocycles. The topological polar surface area (TPSA) is 80.5 Å². The third-order valence-electron chi connectivity index (χ3n) is 5.63. The Hall–Kier alpha value is -1.63. The van der Waals surface area contributed by atoms with Crippen molar-refractivity contribution in [1.29, 1.82) is 0 Å². The monoisotopic (exact) mass is 338 g/mol. The number of methoxy groups -OCH3 is 1. The van der Waals surface area contributed by atoms with Crippen molar-refractivity contribution in [2.24, 2.45) is 5.41 Å². The Kier molecular flexibility index (Phi) is 5.22. The highest BCUT2D eigenvalue weighted by Gasteiger charge is 2.59. The highest BCUT2D eigenvalue weighted by atomic mass is 16.5. The Labute approximate surface area is 144 Å². The van der Waals surface area contributed by atoms with E-state index in [-0.39, 0.29) is 29.0 Å². The standard InChI is InChI=1S/C17H30N4O3/c1-11(2)14-19-13(24-20-14)8-9-18-15(22)21(6)12-10-17(5,23-7)16(12,3)4/h11-12H,8-10H2,1-7H3,(H,18,22)/t12-,17-/m0/s1. The number of hydrogen-bond donors (Lipinski definition) is 1. The lowest BCUT2D eigenvalue weighted by Crippen LogP contribution is -2.69. The molecular formula is C17H30N4O3. The Morgan fingerprint density at radius 2 is 2.12 bits per heavy atom. The highest BCUT2D eigenvalue weighted by molar-refractivity contribution is 5.74. The summed E-state index contributed by atoms with van der Waals surface area (Å²) in [6, 6.07) is 0.0632. The molecule has 24 heavy (non-hydrogen) atoms. The van der Waals surface area contributed by atoms with Gasteiger partial charge in [-0.3, -0.25) is 0 Å². The van der Waals surface area contributed by atoms with Crippen molar-refractivity contribution in [2.45, 2.75) is 65.0 Å². The van der Waals surface area contributed by atoms with Crippen molar-refractivity contribution >= 4 is 6.03 Å². The summed E-state index contributed by atoms with van der Waals surface area (Å²) in [5.74, 6) is 1.49. The van der Waals surface area contributed by atoms with E-state index in [1.807, 2.05) is 20.9 Å². The second-order valence-electron chi connectivity index (χ2n) is 7.67. The van der Waals surface area contributed by atoms with Crippen LogP contribution in [-0.2, 0) is 11.2 Å². The molecule has 0 spiro atoms. The van der Waals surface area contributed by atoms with Crippen LogP contribution in [0.5, 0.6) is 0 Å². The Morgan fingerprint density at radius 1 is 1.46 bits per heavy atom. The summed E-state index contributed by atoms with van der Waals surface area (Å²) < 4.78 is 10.8. The first-order valence-electron chi connectivity index (χ1n) is 8.50. The normalized spacial score (nSPS) is 25.4. The molecule has 7 nitrogen and oxygen atoms in total. The van der Waals surface area contributed by atoms with Crippen LogP contribution in [0, 0.1) is 5.41 Å². The summed E-state index contributed by atoms with van der Waals surface area (Å²) in [5, 5.41) is 6.84. The molecule has 0 aliphatic heterocycles. The highest BCUT2D eigenvalue weighted by Crippen LogP contribution is 2.53. The molecule has 0 aromatic carbocycles. The van der Waals surface area contributed by atoms with E-state index in [9.17, 15) is 4.79 Å². The van der Waals surface area contributed by atoms with Gasteiger partial charge >= 0.3 is 6.03 Å². The molecule has 0 unspecified atom stereocenters. The number of carbonyl (C=O) groups excluding carboxylic acids is 1. The maximum atomic E-state index is 12.4. The molecule has 0 bridgehead atoms. The fourth-order valence-corrected chi connectivity index (χ4v) is 3.22. The van der Waals surface area contributed by atoms with Crippen LogP contribution in [0.15, 0.2) is 4.52 Å². The minimum absolute atomic E-state index is 0.0881. The third-order valence-corrected chi connectivity index (χ3v) is 5.63. The molecule has 1 fully saturated rings. The minimum Gasteiger partial charge on any atom is -0.378 e. The molecule has 7 heteroatoms. The van der Waals surface area contributed by atoms with Crippen molar-refractivity contribution in [3.05, 3.63) is 11.7 Å². The molecule has 2 atom stereocenters. The van der Waals surface area contributed by atoms with E-state index in [0.717, 1.165) is 6.42 Å². The maximum Gasteiger partial charge on any atom is 0.317 e. The fraction of sp³-hybridized carbons (Fsp3) is 0.824. The van der Waals surface area contributed by atoms with E-state index in [4.69, 9.17) is 9.26 Å². The Balaban J connectivity index is 1.82. The average Bonchev–Trinajstić information content (AvgIpc) is 3.00. The summed E-state index contributed by atoms with van der Waals surface area (Å²) in [7, 11) is 3.56. The van der Waals surface area contributed by atoms with Gasteiger partial charge in [-0.1, -0.05) is 32.9 Å². The number of rotatable bonds is 6. The van der Waals surface area contributed by atoms with Gasteiger partial charge in [-0.15, -0.1) is 0 Å². The second-order valence-corrected chi connectivity index (χ2v) is 7.67. The molecule has 1 heterocycles. The molecule has 0 radical (unpaired) electrons. The van der Waals surface area contributed by atoms with Gasteiger partial charge in [0.1, 0.15) is 0 Å². The number of aromatic nitrogens is 2. The van der Waals surface area contributed by atoms with Crippen LogP contribution < -0.4 is 5.32 Å². The number of ether oxygens (including phenoxy) is 1. The number of urea groups is 1. The number of hydrogen-bond acceptors (Lipinski definition) is 5. The van der Waals surface area contributed by atoms with Gasteiger partial charge in [0.25, 0.3) is 0 Å². The van der Waals surface area contributed by atoms with Crippen molar-refractivity contribution < 1.29 is 14.1 Å². The van der Waals surface area contributed by atoms with E-state index >= 15 is 0 Å². The van der Waals surface area contributed by atoms with Crippen LogP contribution in [0.25, 0.3) is 0 Å². The first-order chi connectivity index (χ1) is 11.1. The molecule has 2 rings (SSSR count). The zero-order valence-corrected chi connectivity index (χ0v) is 15.8. The SMILES string of the molecule is CO[C@@]1(C)C[C@H](N(C)C(=O)NCCc2nc(C(C)C)no2)C1(C)C. The van der Waals surface area contributed by atoms with Crippen molar-refractivity contribution in [3.63, 3.8) is 0 Å². The molecule has 1 saturated carbocycles. The van der Waals surface area contributed by atoms with Crippen LogP contribution in [0.2, 0.25) is 0 Å². The summed E-state index contributed by atoms with van der Waals surface area (Å²) in [5.41, 5.74) is -0.282. The van der Waals surface area contributed by atoms with E-state index < -0.39 is 0 Å². The predicted molar refractivity (Wildman–Crippen MR) is 90.9 cm³/mol. The van der Waals surface area contributed by atoms with Gasteiger partial charge in [-0.05, 0) is 13.3 Å². The van der Waals surface area contributed by atoms with Gasteiger partial charge in [0.2, 0.25) is 5.89 Å². The number of carbonyl (C=O) groups is 1. The average molecular weight is 338 g/mol. The molecule has 136 valence electrons. The largest absolute Gasteiger partial charge is 0.378 e. The van der Waals surface area contributed by atoms with E-state index in [2.05, 4.69) is 36.2 Å². The zero-order valence-electron chi connectivity index (χ0n) is 15.8. The first-order valence-corrected chi connectivity index (χ1v) is 8.50. The van der Waals surface area contributed by atoms with Crippen LogP contribution >= 0.6 is 0 Å². The van der Waals surface area contributed by atoms with Crippen LogP contribution in [-0.4, -0.2) is 53.4 Å². The summed E-state index contributed by atoms with van der Waals surface area (Å²) >= 11 is 0. The minimum atomic E-state index is -0.191. The quantitative estimate of drug-likeness (QED) is 0.862. The predicted octanol–water partition coefficient (Wildman–Crippen LogP) is 2.58. The van der Waals surface area contributed by atoms with Crippen LogP contribution in [0.4, 0.5) is 4.79 Å². The smallest absolute Gasteiger partial charge is 0.317 e. The number of amides is 2. The molecule has 1 aliphatic carbocycles. The summed E-state index contributed by atoms with van der Waals surface area (Å²) in [6.07, 6.45) is 1.37. The summed E-state index contributed by atoms with van der Waals surface area (Å²) in [6.45, 7) is 10.9. The molecule has 1 aromatic rings. The maximum absolute atomic E-state index is 12.4. The molecule has 2 amide bonds. The van der Waals surface area contributed by atoms with Gasteiger partial charge in [-0.2, -0.15) is 4.98 Å². The molecule has 1 N–H and O–H groups in total. The zero-order chi connectivity index (χ0) is 18.1. The second kappa shape index (κ2) is 6.70. The van der Waals surface area contributed by atoms with E-state index in [1.54, 1.807) is 12.0 Å². The lowest BCUT2D eigenvalue weighted by Gasteiger charge is -2.61. The van der Waals surface area contributed by atoms with Crippen LogP contribution in [0.1, 0.15) is 58.7 Å². The van der Waals surface area contributed by atoms with Crippen LogP contribution in [0.3, 0.4) is 0 Å². The Bertz CT molecular complexity index is 584. The summed E-state index contributed by atoms with van der Waals surface area (Å²) in [4.78, 5) is 18.5. The lowest BCUT2D eigenvalue weighted by molar-refractivity contribution is -0.198. The third kappa shape index (κ3) is 3.27. The molecular weight excluding hydrogens is 308 g/mol. The van der Waals surface area contributed by atoms with Gasteiger partial charge in [0, 0.05) is 44.5 Å². The van der Waals surface area contributed by atoms with Gasteiger partial charge in [0.05, 0.1) is 5.60 Å². The van der Waals surface area contributed by atoms with Crippen molar-refractivity contribution in [2.75, 3.05) is 20.7 Å². The van der Waals surface area contributed by atoms with Gasteiger partial charge in [-0.25, -0.2) is 4.79 Å². The molecule has 0 saturated heterocycles. The number of nitrogens with one attached hydrogen (secondary N) is 1. The van der Waals surface area contributed by atoms with Crippen molar-refractivity contribution in [3.8, 4) is 0 Å². The van der Waals surface area contributed by atoms with E-state index in [0.29, 0.717) is 24.7 Å². The van der Waals surface area contributed by atoms with Crippen molar-refractivity contribution in [1.82, 2.24) is 20.4 Å². The van der Waals surface area contributed by atoms with E-state index in [1.165, 1.54) is 0 Å². The first kappa shape index (κ1) is 18.7. The lowest BCUT2D eigenvalue weighted by atomic mass is 9.55. The fourth-order valence-electron chi connectivity index (χ4n) is 3.22. The molecule has 1 aliphatic rings. The van der Waals surface area contributed by atoms with Gasteiger partial charge < -0.3 is 19.5 Å². The Morgan fingerprint density at radius 3 is 2.62 bits per heavy atom.